The first-order valence-corrected chi connectivity index (χ1v) is 15.3. The highest BCUT2D eigenvalue weighted by molar-refractivity contribution is 7.92. The molecule has 1 aromatic heterocycles. The number of ether oxygens (including phenoxy) is 2. The number of rotatable bonds is 7. The summed E-state index contributed by atoms with van der Waals surface area (Å²) in [7, 11) is -3.66. The summed E-state index contributed by atoms with van der Waals surface area (Å²) in [6.07, 6.45) is 3.91. The minimum absolute atomic E-state index is 0.0738. The van der Waals surface area contributed by atoms with Gasteiger partial charge in [0.2, 0.25) is 0 Å². The average molecular weight is 566 g/mol. The monoisotopic (exact) mass is 565 g/mol. The van der Waals surface area contributed by atoms with Crippen LogP contribution < -0.4 is 10.6 Å². The topological polar surface area (TPSA) is 124 Å². The number of carbonyl (C=O) groups excluding carboxylic acids is 2. The molecule has 1 fully saturated rings. The van der Waals surface area contributed by atoms with Gasteiger partial charge in [-0.15, -0.1) is 11.3 Å². The molecule has 0 atom stereocenters. The number of sulfone groups is 1. The van der Waals surface area contributed by atoms with Crippen molar-refractivity contribution in [1.82, 2.24) is 10.3 Å². The van der Waals surface area contributed by atoms with E-state index in [1.165, 1.54) is 17.4 Å². The maximum absolute atomic E-state index is 13.3. The van der Waals surface area contributed by atoms with Gasteiger partial charge in [-0.2, -0.15) is 0 Å². The Balaban J connectivity index is 1.79. The molecular weight excluding hydrogens is 526 g/mol. The maximum Gasteiger partial charge on any atom is 0.412 e. The largest absolute Gasteiger partial charge is 0.447 e. The Morgan fingerprint density at radius 1 is 1.05 bits per heavy atom. The highest BCUT2D eigenvalue weighted by atomic mass is 32.2. The van der Waals surface area contributed by atoms with Crippen LogP contribution in [0.2, 0.25) is 0 Å². The lowest BCUT2D eigenvalue weighted by atomic mass is 9.86. The minimum atomic E-state index is -3.66. The summed E-state index contributed by atoms with van der Waals surface area (Å²) in [6, 6.07) is 4.94. The molecule has 0 aliphatic heterocycles. The fourth-order valence-electron chi connectivity index (χ4n) is 4.21. The van der Waals surface area contributed by atoms with Crippen LogP contribution in [-0.2, 0) is 19.3 Å². The lowest BCUT2D eigenvalue weighted by Gasteiger charge is -2.28. The van der Waals surface area contributed by atoms with Gasteiger partial charge in [-0.25, -0.2) is 23.0 Å². The molecule has 0 unspecified atom stereocenters. The molecule has 210 valence electrons. The van der Waals surface area contributed by atoms with Crippen molar-refractivity contribution >= 4 is 39.0 Å². The fraction of sp³-hybridized carbons (Fsp3) is 0.593. The van der Waals surface area contributed by atoms with E-state index in [0.29, 0.717) is 11.3 Å². The highest BCUT2D eigenvalue weighted by Gasteiger charge is 2.29. The molecule has 11 heteroatoms. The van der Waals surface area contributed by atoms with Gasteiger partial charge in [0.1, 0.15) is 5.60 Å². The van der Waals surface area contributed by atoms with Crippen LogP contribution in [0, 0.1) is 0 Å². The van der Waals surface area contributed by atoms with Gasteiger partial charge in [0.25, 0.3) is 0 Å². The number of alkyl carbamates (subject to hydrolysis) is 1. The van der Waals surface area contributed by atoms with Crippen molar-refractivity contribution in [2.75, 3.05) is 5.32 Å². The fourth-order valence-corrected chi connectivity index (χ4v) is 6.69. The van der Waals surface area contributed by atoms with Gasteiger partial charge < -0.3 is 14.8 Å². The summed E-state index contributed by atoms with van der Waals surface area (Å²) < 4.78 is 37.1. The lowest BCUT2D eigenvalue weighted by Crippen LogP contribution is -2.38. The first kappa shape index (κ1) is 29.9. The molecule has 1 aliphatic carbocycles. The molecule has 38 heavy (non-hydrogen) atoms. The molecule has 0 radical (unpaired) electrons. The quantitative estimate of drug-likeness (QED) is 0.393. The summed E-state index contributed by atoms with van der Waals surface area (Å²) in [5, 5.41) is 5.88. The minimum Gasteiger partial charge on any atom is -0.447 e. The van der Waals surface area contributed by atoms with E-state index in [1.807, 2.05) is 13.8 Å². The van der Waals surface area contributed by atoms with Crippen LogP contribution in [0.25, 0.3) is 10.4 Å². The van der Waals surface area contributed by atoms with E-state index in [1.54, 1.807) is 52.9 Å². The van der Waals surface area contributed by atoms with Crippen molar-refractivity contribution in [2.45, 2.75) is 108 Å². The summed E-state index contributed by atoms with van der Waals surface area (Å²) in [4.78, 5) is 29.7. The molecule has 2 aromatic rings. The second-order valence-corrected chi connectivity index (χ2v) is 14.7. The van der Waals surface area contributed by atoms with Crippen molar-refractivity contribution in [3.05, 3.63) is 29.4 Å². The Hall–Kier alpha value is -2.66. The Kier molecular flexibility index (Phi) is 9.46. The van der Waals surface area contributed by atoms with E-state index in [0.717, 1.165) is 35.6 Å². The van der Waals surface area contributed by atoms with E-state index >= 15 is 0 Å². The zero-order chi connectivity index (χ0) is 28.3. The van der Waals surface area contributed by atoms with Crippen LogP contribution in [0.5, 0.6) is 0 Å². The van der Waals surface area contributed by atoms with Gasteiger partial charge in [-0.05, 0) is 86.3 Å². The van der Waals surface area contributed by atoms with E-state index < -0.39 is 26.8 Å². The van der Waals surface area contributed by atoms with E-state index in [-0.39, 0.29) is 29.1 Å². The standard InChI is InChI=1S/C27H39N3O6S2/c1-16(2)35-25(31)29-19-10-8-18(9-11-19)24-28-15-22(37-24)21-13-12-20(30-26(32)36-27(5,6)7)14-23(21)38(33,34)17(3)4/h12-19H,8-11H2,1-7H3,(H,29,31)(H,30,32). The molecule has 1 aliphatic rings. The maximum atomic E-state index is 13.3. The van der Waals surface area contributed by atoms with Crippen LogP contribution >= 0.6 is 11.3 Å². The molecule has 3 rings (SSSR count). The van der Waals surface area contributed by atoms with Gasteiger partial charge in [-0.1, -0.05) is 6.07 Å². The third kappa shape index (κ3) is 7.92. The third-order valence-electron chi connectivity index (χ3n) is 6.08. The normalized spacial score (nSPS) is 18.3. The number of benzene rings is 1. The van der Waals surface area contributed by atoms with Crippen LogP contribution in [-0.4, -0.2) is 48.6 Å². The second kappa shape index (κ2) is 12.0. The summed E-state index contributed by atoms with van der Waals surface area (Å²) in [5.41, 5.74) is 0.223. The number of anilines is 1. The number of nitrogens with one attached hydrogen (secondary N) is 2. The van der Waals surface area contributed by atoms with E-state index in [2.05, 4.69) is 15.6 Å². The van der Waals surface area contributed by atoms with Crippen molar-refractivity contribution < 1.29 is 27.5 Å². The highest BCUT2D eigenvalue weighted by Crippen LogP contribution is 2.40. The number of hydrogen-bond donors (Lipinski definition) is 2. The number of carbonyl (C=O) groups is 2. The molecule has 2 N–H and O–H groups in total. The van der Waals surface area contributed by atoms with Gasteiger partial charge in [0, 0.05) is 29.4 Å². The van der Waals surface area contributed by atoms with Crippen molar-refractivity contribution in [2.24, 2.45) is 0 Å². The Bertz CT molecular complexity index is 1240. The SMILES string of the molecule is CC(C)OC(=O)NC1CCC(c2ncc(-c3ccc(NC(=O)OC(C)(C)C)cc3S(=O)(=O)C(C)C)s2)CC1. The van der Waals surface area contributed by atoms with Gasteiger partial charge in [0.05, 0.1) is 26.1 Å². The molecule has 0 saturated heterocycles. The van der Waals surface area contributed by atoms with E-state index in [9.17, 15) is 18.0 Å². The Morgan fingerprint density at radius 3 is 2.29 bits per heavy atom. The number of nitrogens with zero attached hydrogens (tertiary/aromatic N) is 1. The van der Waals surface area contributed by atoms with Crippen LogP contribution in [0.15, 0.2) is 29.3 Å². The first-order chi connectivity index (χ1) is 17.7. The third-order valence-corrected chi connectivity index (χ3v) is 9.47. The zero-order valence-electron chi connectivity index (χ0n) is 23.2. The summed E-state index contributed by atoms with van der Waals surface area (Å²) in [5.74, 6) is 0.242. The zero-order valence-corrected chi connectivity index (χ0v) is 24.8. The van der Waals surface area contributed by atoms with Gasteiger partial charge in [0.15, 0.2) is 9.84 Å². The van der Waals surface area contributed by atoms with Crippen molar-refractivity contribution in [1.29, 1.82) is 0 Å². The van der Waals surface area contributed by atoms with Crippen LogP contribution in [0.3, 0.4) is 0 Å². The first-order valence-electron chi connectivity index (χ1n) is 13.0. The summed E-state index contributed by atoms with van der Waals surface area (Å²) in [6.45, 7) is 12.2. The molecule has 2 amide bonds. The van der Waals surface area contributed by atoms with E-state index in [4.69, 9.17) is 9.47 Å². The van der Waals surface area contributed by atoms with Gasteiger partial charge >= 0.3 is 12.2 Å². The number of hydrogen-bond acceptors (Lipinski definition) is 8. The number of thiazole rings is 1. The molecule has 1 heterocycles. The smallest absolute Gasteiger partial charge is 0.412 e. The molecule has 1 aromatic carbocycles. The van der Waals surface area contributed by atoms with Crippen molar-refractivity contribution in [3.63, 3.8) is 0 Å². The molecule has 1 saturated carbocycles. The molecule has 9 nitrogen and oxygen atoms in total. The van der Waals surface area contributed by atoms with Crippen LogP contribution in [0.4, 0.5) is 15.3 Å². The number of aromatic nitrogens is 1. The molecule has 0 bridgehead atoms. The van der Waals surface area contributed by atoms with Gasteiger partial charge in [-0.3, -0.25) is 5.32 Å². The van der Waals surface area contributed by atoms with Crippen molar-refractivity contribution in [3.8, 4) is 10.4 Å². The summed E-state index contributed by atoms with van der Waals surface area (Å²) >= 11 is 1.49. The number of amides is 2. The Morgan fingerprint density at radius 2 is 1.71 bits per heavy atom. The second-order valence-electron chi connectivity index (χ2n) is 11.1. The molecule has 0 spiro atoms. The average Bonchev–Trinajstić information content (AvgIpc) is 3.27. The predicted molar refractivity (Wildman–Crippen MR) is 149 cm³/mol. The molecular formula is C27H39N3O6S2. The van der Waals surface area contributed by atoms with Crippen LogP contribution in [0.1, 0.15) is 85.1 Å². The lowest BCUT2D eigenvalue weighted by molar-refractivity contribution is 0.0635. The Labute approximate surface area is 229 Å². The predicted octanol–water partition coefficient (Wildman–Crippen LogP) is 6.50.